The van der Waals surface area contributed by atoms with Gasteiger partial charge in [0.15, 0.2) is 5.82 Å². The maximum atomic E-state index is 12.4. The Morgan fingerprint density at radius 1 is 1.17 bits per heavy atom. The van der Waals surface area contributed by atoms with Crippen LogP contribution in [0.4, 0.5) is 5.69 Å². The lowest BCUT2D eigenvalue weighted by atomic mass is 10.2. The number of hydrogen-bond donors (Lipinski definition) is 1. The number of carbonyl (C=O) groups excluding carboxylic acids is 1. The number of aryl methyl sites for hydroxylation is 2. The first-order chi connectivity index (χ1) is 13.9. The van der Waals surface area contributed by atoms with Crippen molar-refractivity contribution in [3.05, 3.63) is 64.7 Å². The Morgan fingerprint density at radius 2 is 1.86 bits per heavy atom. The van der Waals surface area contributed by atoms with Crippen LogP contribution in [0.1, 0.15) is 46.9 Å². The van der Waals surface area contributed by atoms with Crippen LogP contribution in [0, 0.1) is 20.8 Å². The lowest BCUT2D eigenvalue weighted by Gasteiger charge is -2.20. The summed E-state index contributed by atoms with van der Waals surface area (Å²) >= 11 is 0. The minimum atomic E-state index is -0.242. The van der Waals surface area contributed by atoms with Crippen molar-refractivity contribution in [3.8, 4) is 5.82 Å². The molecule has 0 aliphatic heterocycles. The molecule has 0 saturated carbocycles. The number of rotatable bonds is 7. The number of carbonyl (C=O) groups is 1. The first-order valence-electron chi connectivity index (χ1n) is 9.75. The zero-order valence-corrected chi connectivity index (χ0v) is 17.6. The van der Waals surface area contributed by atoms with E-state index in [0.717, 1.165) is 47.3 Å². The molecule has 152 valence electrons. The molecule has 0 radical (unpaired) electrons. The third kappa shape index (κ3) is 4.39. The van der Waals surface area contributed by atoms with Gasteiger partial charge >= 0.3 is 0 Å². The van der Waals surface area contributed by atoms with E-state index < -0.39 is 0 Å². The Bertz CT molecular complexity index is 1010. The van der Waals surface area contributed by atoms with Crippen LogP contribution in [0.5, 0.6) is 0 Å². The molecule has 0 aliphatic rings. The summed E-state index contributed by atoms with van der Waals surface area (Å²) < 4.78 is 7.16. The van der Waals surface area contributed by atoms with E-state index in [0.29, 0.717) is 5.56 Å². The molecule has 2 heterocycles. The average Bonchev–Trinajstić information content (AvgIpc) is 3.25. The average molecular weight is 393 g/mol. The maximum absolute atomic E-state index is 12.4. The molecule has 0 aliphatic carbocycles. The van der Waals surface area contributed by atoms with Crippen molar-refractivity contribution in [1.29, 1.82) is 0 Å². The smallest absolute Gasteiger partial charge is 0.271 e. The Balaban J connectivity index is 1.69. The number of hydrazone groups is 1. The molecule has 1 aromatic carbocycles. The number of hydrogen-bond acceptors (Lipinski definition) is 5. The van der Waals surface area contributed by atoms with Crippen LogP contribution >= 0.6 is 0 Å². The highest BCUT2D eigenvalue weighted by Crippen LogP contribution is 2.19. The van der Waals surface area contributed by atoms with E-state index in [1.54, 1.807) is 6.21 Å². The summed E-state index contributed by atoms with van der Waals surface area (Å²) in [5.74, 6) is 1.24. The van der Waals surface area contributed by atoms with Crippen LogP contribution in [-0.4, -0.2) is 34.9 Å². The van der Waals surface area contributed by atoms with Gasteiger partial charge in [-0.25, -0.2) is 5.43 Å². The molecule has 1 amide bonds. The lowest BCUT2D eigenvalue weighted by molar-refractivity contribution is 0.0955. The fourth-order valence-electron chi connectivity index (χ4n) is 3.37. The summed E-state index contributed by atoms with van der Waals surface area (Å²) in [5.41, 5.74) is 7.15. The van der Waals surface area contributed by atoms with Crippen LogP contribution in [0.15, 0.2) is 46.0 Å². The van der Waals surface area contributed by atoms with Gasteiger partial charge in [0, 0.05) is 47.4 Å². The molecule has 7 heteroatoms. The molecule has 0 bridgehead atoms. The van der Waals surface area contributed by atoms with Crippen molar-refractivity contribution >= 4 is 17.8 Å². The highest BCUT2D eigenvalue weighted by molar-refractivity contribution is 5.95. The van der Waals surface area contributed by atoms with E-state index in [1.807, 2.05) is 61.7 Å². The number of nitrogens with one attached hydrogen (secondary N) is 1. The molecule has 3 rings (SSSR count). The van der Waals surface area contributed by atoms with Gasteiger partial charge in [-0.1, -0.05) is 5.16 Å². The van der Waals surface area contributed by atoms with E-state index in [4.69, 9.17) is 4.52 Å². The zero-order chi connectivity index (χ0) is 21.0. The van der Waals surface area contributed by atoms with Gasteiger partial charge < -0.3 is 9.42 Å². The predicted molar refractivity (Wildman–Crippen MR) is 115 cm³/mol. The van der Waals surface area contributed by atoms with Crippen LogP contribution in [-0.2, 0) is 0 Å². The van der Waals surface area contributed by atoms with Gasteiger partial charge in [-0.05, 0) is 65.0 Å². The Hall–Kier alpha value is -3.35. The monoisotopic (exact) mass is 393 g/mol. The van der Waals surface area contributed by atoms with Crippen molar-refractivity contribution < 1.29 is 9.32 Å². The number of benzene rings is 1. The molecule has 2 aromatic heterocycles. The second-order valence-corrected chi connectivity index (χ2v) is 6.88. The Labute approximate surface area is 171 Å². The maximum Gasteiger partial charge on any atom is 0.271 e. The van der Waals surface area contributed by atoms with E-state index in [1.165, 1.54) is 0 Å². The SMILES string of the molecule is CCN(CC)c1ccc(C(=O)N/N=C\c2cc(C)n(-c3cc(C)on3)c2C)cc1. The molecular formula is C22H27N5O2. The Kier molecular flexibility index (Phi) is 6.16. The summed E-state index contributed by atoms with van der Waals surface area (Å²) in [7, 11) is 0. The van der Waals surface area contributed by atoms with Gasteiger partial charge in [0.1, 0.15) is 5.76 Å². The van der Waals surface area contributed by atoms with Gasteiger partial charge in [0.05, 0.1) is 6.21 Å². The molecule has 0 fully saturated rings. The molecule has 0 spiro atoms. The number of amides is 1. The highest BCUT2D eigenvalue weighted by Gasteiger charge is 2.13. The largest absolute Gasteiger partial charge is 0.372 e. The fraction of sp³-hybridized carbons (Fsp3) is 0.318. The summed E-state index contributed by atoms with van der Waals surface area (Å²) in [5, 5.41) is 8.20. The van der Waals surface area contributed by atoms with E-state index >= 15 is 0 Å². The molecule has 1 N–H and O–H groups in total. The molecular weight excluding hydrogens is 366 g/mol. The summed E-state index contributed by atoms with van der Waals surface area (Å²) in [6, 6.07) is 11.4. The number of nitrogens with zero attached hydrogens (tertiary/aromatic N) is 4. The molecule has 0 unspecified atom stereocenters. The second-order valence-electron chi connectivity index (χ2n) is 6.88. The van der Waals surface area contributed by atoms with Crippen LogP contribution < -0.4 is 10.3 Å². The summed E-state index contributed by atoms with van der Waals surface area (Å²) in [4.78, 5) is 14.6. The van der Waals surface area contributed by atoms with Crippen LogP contribution in [0.2, 0.25) is 0 Å². The third-order valence-electron chi connectivity index (χ3n) is 4.94. The van der Waals surface area contributed by atoms with Crippen molar-refractivity contribution in [3.63, 3.8) is 0 Å². The third-order valence-corrected chi connectivity index (χ3v) is 4.94. The predicted octanol–water partition coefficient (Wildman–Crippen LogP) is 4.00. The topological polar surface area (TPSA) is 75.7 Å². The van der Waals surface area contributed by atoms with Crippen molar-refractivity contribution in [1.82, 2.24) is 15.1 Å². The standard InChI is InChI=1S/C22H27N5O2/c1-6-26(7-2)20-10-8-18(9-11-20)22(28)24-23-14-19-12-15(3)27(17(19)5)21-13-16(4)29-25-21/h8-14H,6-7H2,1-5H3,(H,24,28)/b23-14-. The van der Waals surface area contributed by atoms with Gasteiger partial charge in [-0.2, -0.15) is 5.10 Å². The van der Waals surface area contributed by atoms with Crippen molar-refractivity contribution in [2.45, 2.75) is 34.6 Å². The minimum absolute atomic E-state index is 0.242. The summed E-state index contributed by atoms with van der Waals surface area (Å²) in [6.07, 6.45) is 1.65. The van der Waals surface area contributed by atoms with Crippen molar-refractivity contribution in [2.75, 3.05) is 18.0 Å². The van der Waals surface area contributed by atoms with Gasteiger partial charge in [0.2, 0.25) is 0 Å². The lowest BCUT2D eigenvalue weighted by Crippen LogP contribution is -2.22. The van der Waals surface area contributed by atoms with Gasteiger partial charge in [-0.3, -0.25) is 9.36 Å². The zero-order valence-electron chi connectivity index (χ0n) is 17.6. The second kappa shape index (κ2) is 8.77. The van der Waals surface area contributed by atoms with Crippen LogP contribution in [0.25, 0.3) is 5.82 Å². The van der Waals surface area contributed by atoms with E-state index in [-0.39, 0.29) is 5.91 Å². The quantitative estimate of drug-likeness (QED) is 0.486. The fourth-order valence-corrected chi connectivity index (χ4v) is 3.37. The Morgan fingerprint density at radius 3 is 2.45 bits per heavy atom. The van der Waals surface area contributed by atoms with Gasteiger partial charge in [-0.15, -0.1) is 0 Å². The minimum Gasteiger partial charge on any atom is -0.372 e. The first-order valence-corrected chi connectivity index (χ1v) is 9.75. The van der Waals surface area contributed by atoms with Crippen molar-refractivity contribution in [2.24, 2.45) is 5.10 Å². The molecule has 7 nitrogen and oxygen atoms in total. The molecule has 29 heavy (non-hydrogen) atoms. The molecule has 0 saturated heterocycles. The van der Waals surface area contributed by atoms with E-state index in [9.17, 15) is 4.79 Å². The molecule has 3 aromatic rings. The van der Waals surface area contributed by atoms with E-state index in [2.05, 4.69) is 34.4 Å². The number of anilines is 1. The molecule has 0 atom stereocenters. The highest BCUT2D eigenvalue weighted by atomic mass is 16.5. The number of aromatic nitrogens is 2. The first kappa shape index (κ1) is 20.4. The normalized spacial score (nSPS) is 11.2. The van der Waals surface area contributed by atoms with Crippen LogP contribution in [0.3, 0.4) is 0 Å². The summed E-state index contributed by atoms with van der Waals surface area (Å²) in [6.45, 7) is 11.9. The van der Waals surface area contributed by atoms with Gasteiger partial charge in [0.25, 0.3) is 5.91 Å².